The molecule has 118 valence electrons. The smallest absolute Gasteiger partial charge is 0.244 e. The molecule has 0 fully saturated rings. The van der Waals surface area contributed by atoms with E-state index in [1.807, 2.05) is 30.3 Å². The van der Waals surface area contributed by atoms with E-state index in [4.69, 9.17) is 0 Å². The molecule has 22 heavy (non-hydrogen) atoms. The molecule has 2 N–H and O–H groups in total. The fourth-order valence-electron chi connectivity index (χ4n) is 1.85. The Morgan fingerprint density at radius 2 is 2.00 bits per heavy atom. The second-order valence-corrected chi connectivity index (χ2v) is 6.41. The minimum Gasteiger partial charge on any atom is -0.355 e. The van der Waals surface area contributed by atoms with Gasteiger partial charge >= 0.3 is 0 Å². The van der Waals surface area contributed by atoms with Gasteiger partial charge in [-0.3, -0.25) is 4.79 Å². The number of hydrogen-bond acceptors (Lipinski definition) is 4. The summed E-state index contributed by atoms with van der Waals surface area (Å²) in [7, 11) is -3.80. The summed E-state index contributed by atoms with van der Waals surface area (Å²) in [6.45, 7) is 3.70. The molecule has 0 radical (unpaired) electrons. The number of benzene rings is 1. The highest BCUT2D eigenvalue weighted by molar-refractivity contribution is 7.89. The van der Waals surface area contributed by atoms with Crippen molar-refractivity contribution in [1.29, 1.82) is 0 Å². The molecule has 2 aromatic rings. The molecule has 0 bridgehead atoms. The molecule has 1 unspecified atom stereocenters. The maximum Gasteiger partial charge on any atom is 0.244 e. The summed E-state index contributed by atoms with van der Waals surface area (Å²) in [4.78, 5) is 11.6. The summed E-state index contributed by atoms with van der Waals surface area (Å²) in [6, 6.07) is 8.30. The third-order valence-corrected chi connectivity index (χ3v) is 4.46. The van der Waals surface area contributed by atoms with Crippen LogP contribution in [0.3, 0.4) is 0 Å². The minimum atomic E-state index is -3.80. The highest BCUT2D eigenvalue weighted by atomic mass is 32.2. The van der Waals surface area contributed by atoms with Gasteiger partial charge in [0.15, 0.2) is 0 Å². The zero-order valence-electron chi connectivity index (χ0n) is 12.4. The molecule has 0 spiro atoms. The minimum absolute atomic E-state index is 0.00695. The third kappa shape index (κ3) is 3.71. The van der Waals surface area contributed by atoms with E-state index in [1.165, 1.54) is 24.0 Å². The van der Waals surface area contributed by atoms with E-state index in [0.29, 0.717) is 6.54 Å². The number of nitrogens with zero attached hydrogens (tertiary/aromatic N) is 2. The number of para-hydroxylation sites is 1. The van der Waals surface area contributed by atoms with Crippen LogP contribution in [0.15, 0.2) is 47.6 Å². The van der Waals surface area contributed by atoms with Crippen molar-refractivity contribution in [2.75, 3.05) is 6.54 Å². The summed E-state index contributed by atoms with van der Waals surface area (Å²) in [5, 5.41) is 6.60. The molecule has 0 saturated heterocycles. The monoisotopic (exact) mass is 322 g/mol. The van der Waals surface area contributed by atoms with Gasteiger partial charge in [-0.25, -0.2) is 13.1 Å². The van der Waals surface area contributed by atoms with Gasteiger partial charge < -0.3 is 5.32 Å². The van der Waals surface area contributed by atoms with E-state index in [1.54, 1.807) is 6.92 Å². The average Bonchev–Trinajstić information content (AvgIpc) is 2.98. The number of carbonyl (C=O) groups excluding carboxylic acids is 1. The van der Waals surface area contributed by atoms with Crippen LogP contribution in [0.4, 0.5) is 0 Å². The summed E-state index contributed by atoms with van der Waals surface area (Å²) < 4.78 is 28.3. The van der Waals surface area contributed by atoms with Crippen molar-refractivity contribution < 1.29 is 13.2 Å². The maximum atomic E-state index is 12.3. The van der Waals surface area contributed by atoms with Gasteiger partial charge in [0.05, 0.1) is 24.1 Å². The van der Waals surface area contributed by atoms with Gasteiger partial charge in [-0.2, -0.15) is 9.82 Å². The molecule has 1 atom stereocenters. The molecule has 1 heterocycles. The molecule has 2 rings (SSSR count). The highest BCUT2D eigenvalue weighted by Gasteiger charge is 2.23. The van der Waals surface area contributed by atoms with E-state index in [9.17, 15) is 13.2 Å². The van der Waals surface area contributed by atoms with Gasteiger partial charge in [0.25, 0.3) is 0 Å². The van der Waals surface area contributed by atoms with Crippen molar-refractivity contribution in [2.45, 2.75) is 24.8 Å². The largest absolute Gasteiger partial charge is 0.355 e. The van der Waals surface area contributed by atoms with Crippen molar-refractivity contribution in [3.63, 3.8) is 0 Å². The topological polar surface area (TPSA) is 93.1 Å². The average molecular weight is 322 g/mol. The predicted molar refractivity (Wildman–Crippen MR) is 82.0 cm³/mol. The van der Waals surface area contributed by atoms with Crippen molar-refractivity contribution in [2.24, 2.45) is 0 Å². The second kappa shape index (κ2) is 6.71. The molecule has 7 nitrogen and oxygen atoms in total. The molecule has 1 aromatic carbocycles. The first kappa shape index (κ1) is 16.2. The molecule has 8 heteroatoms. The lowest BCUT2D eigenvalue weighted by molar-refractivity contribution is -0.122. The number of likely N-dealkylation sites (N-methyl/N-ethyl adjacent to an activating group) is 1. The fraction of sp³-hybridized carbons (Fsp3) is 0.286. The standard InChI is InChI=1S/C14H18N4O3S/c1-3-15-14(19)11(2)17-22(20,21)13-9-16-18(10-13)12-7-5-4-6-8-12/h4-11,17H,3H2,1-2H3,(H,15,19). The van der Waals surface area contributed by atoms with Crippen molar-refractivity contribution in [3.05, 3.63) is 42.7 Å². The quantitative estimate of drug-likeness (QED) is 0.818. The lowest BCUT2D eigenvalue weighted by Crippen LogP contribution is -2.44. The zero-order chi connectivity index (χ0) is 16.2. The fourth-order valence-corrected chi connectivity index (χ4v) is 2.98. The van der Waals surface area contributed by atoms with Crippen LogP contribution < -0.4 is 10.0 Å². The normalized spacial score (nSPS) is 12.8. The maximum absolute atomic E-state index is 12.3. The highest BCUT2D eigenvalue weighted by Crippen LogP contribution is 2.12. The van der Waals surface area contributed by atoms with Crippen LogP contribution in [0.5, 0.6) is 0 Å². The molecule has 0 aliphatic carbocycles. The number of nitrogens with one attached hydrogen (secondary N) is 2. The Morgan fingerprint density at radius 3 is 2.64 bits per heavy atom. The van der Waals surface area contributed by atoms with Gasteiger partial charge in [-0.1, -0.05) is 18.2 Å². The van der Waals surface area contributed by atoms with Crippen LogP contribution in [-0.2, 0) is 14.8 Å². The lowest BCUT2D eigenvalue weighted by atomic mass is 10.3. The van der Waals surface area contributed by atoms with Crippen LogP contribution >= 0.6 is 0 Å². The number of carbonyl (C=O) groups is 1. The second-order valence-electron chi connectivity index (χ2n) is 4.69. The van der Waals surface area contributed by atoms with Crippen molar-refractivity contribution in [3.8, 4) is 5.69 Å². The number of hydrogen-bond donors (Lipinski definition) is 2. The van der Waals surface area contributed by atoms with Gasteiger partial charge in [0.1, 0.15) is 4.90 Å². The van der Waals surface area contributed by atoms with E-state index in [2.05, 4.69) is 15.1 Å². The Bertz CT molecular complexity index is 740. The molecule has 1 amide bonds. The predicted octanol–water partition coefficient (Wildman–Crippen LogP) is 0.675. The number of aromatic nitrogens is 2. The molecule has 0 saturated carbocycles. The van der Waals surface area contributed by atoms with Crippen LogP contribution in [0.25, 0.3) is 5.69 Å². The van der Waals surface area contributed by atoms with Crippen LogP contribution in [0.2, 0.25) is 0 Å². The third-order valence-electron chi connectivity index (χ3n) is 2.97. The van der Waals surface area contributed by atoms with Crippen molar-refractivity contribution in [1.82, 2.24) is 19.8 Å². The van der Waals surface area contributed by atoms with Crippen molar-refractivity contribution >= 4 is 15.9 Å². The Morgan fingerprint density at radius 1 is 1.32 bits per heavy atom. The van der Waals surface area contributed by atoms with Crippen LogP contribution in [0, 0.1) is 0 Å². The van der Waals surface area contributed by atoms with E-state index >= 15 is 0 Å². The number of amides is 1. The Balaban J connectivity index is 2.17. The van der Waals surface area contributed by atoms with Gasteiger partial charge in [0.2, 0.25) is 15.9 Å². The Hall–Kier alpha value is -2.19. The summed E-state index contributed by atoms with van der Waals surface area (Å²) in [5.74, 6) is -0.374. The first-order valence-electron chi connectivity index (χ1n) is 6.84. The van der Waals surface area contributed by atoms with Crippen LogP contribution in [-0.4, -0.2) is 36.7 Å². The van der Waals surface area contributed by atoms with Crippen LogP contribution in [0.1, 0.15) is 13.8 Å². The Kier molecular flexibility index (Phi) is 4.94. The van der Waals surface area contributed by atoms with Gasteiger partial charge in [-0.05, 0) is 26.0 Å². The molecular weight excluding hydrogens is 304 g/mol. The first-order valence-corrected chi connectivity index (χ1v) is 8.32. The SMILES string of the molecule is CCNC(=O)C(C)NS(=O)(=O)c1cnn(-c2ccccc2)c1. The Labute approximate surface area is 129 Å². The van der Waals surface area contributed by atoms with Gasteiger partial charge in [0, 0.05) is 6.54 Å². The summed E-state index contributed by atoms with van der Waals surface area (Å²) >= 11 is 0. The molecular formula is C14H18N4O3S. The van der Waals surface area contributed by atoms with E-state index in [0.717, 1.165) is 5.69 Å². The summed E-state index contributed by atoms with van der Waals surface area (Å²) in [6.07, 6.45) is 2.65. The number of sulfonamides is 1. The molecule has 0 aliphatic heterocycles. The first-order chi connectivity index (χ1) is 10.4. The van der Waals surface area contributed by atoms with E-state index < -0.39 is 16.1 Å². The lowest BCUT2D eigenvalue weighted by Gasteiger charge is -2.12. The van der Waals surface area contributed by atoms with E-state index in [-0.39, 0.29) is 10.8 Å². The van der Waals surface area contributed by atoms with Gasteiger partial charge in [-0.15, -0.1) is 0 Å². The molecule has 0 aliphatic rings. The summed E-state index contributed by atoms with van der Waals surface area (Å²) in [5.41, 5.74) is 0.751. The zero-order valence-corrected chi connectivity index (χ0v) is 13.2. The number of rotatable bonds is 6. The molecule has 1 aromatic heterocycles.